The van der Waals surface area contributed by atoms with Gasteiger partial charge in [-0.15, -0.1) is 0 Å². The Balaban J connectivity index is 1.72. The minimum Gasteiger partial charge on any atom is -0.493 e. The van der Waals surface area contributed by atoms with Crippen molar-refractivity contribution in [1.29, 1.82) is 0 Å². The van der Waals surface area contributed by atoms with Crippen LogP contribution in [0.25, 0.3) is 0 Å². The maximum Gasteiger partial charge on any atom is 0.255 e. The molecule has 0 aliphatic carbocycles. The quantitative estimate of drug-likeness (QED) is 0.618. The van der Waals surface area contributed by atoms with Gasteiger partial charge in [0.1, 0.15) is 5.75 Å². The Bertz CT molecular complexity index is 793. The zero-order valence-electron chi connectivity index (χ0n) is 16.9. The fourth-order valence-corrected chi connectivity index (χ4v) is 3.72. The van der Waals surface area contributed by atoms with Gasteiger partial charge in [-0.2, -0.15) is 0 Å². The number of nitrogens with zero attached hydrogens (tertiary/aromatic N) is 1. The molecule has 0 radical (unpaired) electrons. The van der Waals surface area contributed by atoms with Crippen LogP contribution in [-0.4, -0.2) is 50.3 Å². The number of para-hydroxylation sites is 1. The van der Waals surface area contributed by atoms with Crippen LogP contribution in [0.5, 0.6) is 5.75 Å². The highest BCUT2D eigenvalue weighted by Crippen LogP contribution is 2.28. The Morgan fingerprint density at radius 2 is 1.90 bits per heavy atom. The second-order valence-electron chi connectivity index (χ2n) is 7.09. The average Bonchev–Trinajstić information content (AvgIpc) is 2.76. The van der Waals surface area contributed by atoms with E-state index in [4.69, 9.17) is 21.1 Å². The number of rotatable bonds is 9. The van der Waals surface area contributed by atoms with Crippen LogP contribution in [0.1, 0.15) is 41.7 Å². The van der Waals surface area contributed by atoms with Crippen LogP contribution in [0.2, 0.25) is 5.02 Å². The highest BCUT2D eigenvalue weighted by Gasteiger charge is 2.25. The van der Waals surface area contributed by atoms with E-state index in [9.17, 15) is 4.79 Å². The van der Waals surface area contributed by atoms with Gasteiger partial charge >= 0.3 is 0 Å². The molecule has 1 fully saturated rings. The van der Waals surface area contributed by atoms with Crippen LogP contribution >= 0.6 is 11.6 Å². The molecule has 2 aromatic carbocycles. The molecule has 0 aromatic heterocycles. The van der Waals surface area contributed by atoms with Crippen molar-refractivity contribution in [3.8, 4) is 5.75 Å². The number of hydrogen-bond donors (Lipinski definition) is 1. The van der Waals surface area contributed by atoms with E-state index < -0.39 is 0 Å². The van der Waals surface area contributed by atoms with Gasteiger partial charge in [0, 0.05) is 24.7 Å². The zero-order valence-corrected chi connectivity index (χ0v) is 17.7. The first-order valence-electron chi connectivity index (χ1n) is 10.3. The maximum absolute atomic E-state index is 12.9. The molecule has 0 saturated carbocycles. The molecule has 2 aromatic rings. The molecule has 29 heavy (non-hydrogen) atoms. The highest BCUT2D eigenvalue weighted by atomic mass is 35.5. The molecule has 1 heterocycles. The smallest absolute Gasteiger partial charge is 0.255 e. The van der Waals surface area contributed by atoms with E-state index in [2.05, 4.69) is 17.1 Å². The summed E-state index contributed by atoms with van der Waals surface area (Å²) in [6.07, 6.45) is 2.01. The monoisotopic (exact) mass is 416 g/mol. The first-order chi connectivity index (χ1) is 14.2. The Morgan fingerprint density at radius 3 is 2.66 bits per heavy atom. The third-order valence-corrected chi connectivity index (χ3v) is 5.44. The van der Waals surface area contributed by atoms with Crippen molar-refractivity contribution in [2.24, 2.45) is 0 Å². The van der Waals surface area contributed by atoms with E-state index in [0.717, 1.165) is 31.5 Å². The van der Waals surface area contributed by atoms with Crippen molar-refractivity contribution in [3.05, 3.63) is 64.7 Å². The Morgan fingerprint density at radius 1 is 1.17 bits per heavy atom. The molecule has 0 spiro atoms. The van der Waals surface area contributed by atoms with E-state index in [1.165, 1.54) is 0 Å². The normalized spacial score (nSPS) is 15.7. The molecule has 156 valence electrons. The molecule has 6 heteroatoms. The lowest BCUT2D eigenvalue weighted by Gasteiger charge is -2.35. The summed E-state index contributed by atoms with van der Waals surface area (Å²) in [5.74, 6) is 0.488. The molecule has 1 atom stereocenters. The summed E-state index contributed by atoms with van der Waals surface area (Å²) in [5.41, 5.74) is 1.58. The van der Waals surface area contributed by atoms with Gasteiger partial charge in [0.15, 0.2) is 0 Å². The summed E-state index contributed by atoms with van der Waals surface area (Å²) in [6, 6.07) is 15.2. The van der Waals surface area contributed by atoms with Gasteiger partial charge in [-0.05, 0) is 30.2 Å². The number of carbonyl (C=O) groups is 1. The largest absolute Gasteiger partial charge is 0.493 e. The second kappa shape index (κ2) is 11.2. The van der Waals surface area contributed by atoms with Gasteiger partial charge in [0.25, 0.3) is 5.91 Å². The van der Waals surface area contributed by atoms with Gasteiger partial charge in [0.05, 0.1) is 31.4 Å². The first-order valence-corrected chi connectivity index (χ1v) is 10.6. The molecule has 5 nitrogen and oxygen atoms in total. The van der Waals surface area contributed by atoms with E-state index in [1.807, 2.05) is 42.5 Å². The number of unbranched alkanes of at least 4 members (excludes halogenated alkanes) is 1. The van der Waals surface area contributed by atoms with Gasteiger partial charge in [-0.3, -0.25) is 9.69 Å². The third kappa shape index (κ3) is 5.95. The summed E-state index contributed by atoms with van der Waals surface area (Å²) >= 11 is 6.48. The Labute approximate surface area is 177 Å². The summed E-state index contributed by atoms with van der Waals surface area (Å²) in [5, 5.41) is 3.80. The molecule has 0 bridgehead atoms. The van der Waals surface area contributed by atoms with Gasteiger partial charge in [-0.1, -0.05) is 55.3 Å². The Hall–Kier alpha value is -2.08. The molecule has 1 amide bonds. The molecule has 1 aliphatic heterocycles. The summed E-state index contributed by atoms with van der Waals surface area (Å²) in [4.78, 5) is 15.2. The second-order valence-corrected chi connectivity index (χ2v) is 7.50. The van der Waals surface area contributed by atoms with Gasteiger partial charge < -0.3 is 14.8 Å². The molecular weight excluding hydrogens is 388 g/mol. The fourth-order valence-electron chi connectivity index (χ4n) is 3.46. The first kappa shape index (κ1) is 21.6. The lowest BCUT2D eigenvalue weighted by molar-refractivity contribution is 0.0162. The molecule has 1 N–H and O–H groups in total. The molecule has 1 aliphatic rings. The number of halogens is 1. The maximum atomic E-state index is 12.9. The predicted molar refractivity (Wildman–Crippen MR) is 116 cm³/mol. The van der Waals surface area contributed by atoms with E-state index in [0.29, 0.717) is 42.7 Å². The highest BCUT2D eigenvalue weighted by molar-refractivity contribution is 6.31. The number of ether oxygens (including phenoxy) is 2. The minimum atomic E-state index is -0.137. The third-order valence-electron chi connectivity index (χ3n) is 5.09. The number of morpholine rings is 1. The lowest BCUT2D eigenvalue weighted by atomic mass is 10.0. The van der Waals surface area contributed by atoms with E-state index in [-0.39, 0.29) is 11.9 Å². The van der Waals surface area contributed by atoms with Crippen molar-refractivity contribution in [2.45, 2.75) is 25.8 Å². The number of nitrogens with one attached hydrogen (secondary N) is 1. The SMILES string of the molecule is CCCCOc1ccccc1C(=O)NCC(c1ccccc1Cl)N1CCOCC1. The van der Waals surface area contributed by atoms with Crippen LogP contribution in [-0.2, 0) is 4.74 Å². The zero-order chi connectivity index (χ0) is 20.5. The van der Waals surface area contributed by atoms with Crippen LogP contribution < -0.4 is 10.1 Å². The number of carbonyl (C=O) groups excluding carboxylic acids is 1. The van der Waals surface area contributed by atoms with Crippen molar-refractivity contribution < 1.29 is 14.3 Å². The van der Waals surface area contributed by atoms with Crippen LogP contribution in [0.15, 0.2) is 48.5 Å². The van der Waals surface area contributed by atoms with Crippen LogP contribution in [0, 0.1) is 0 Å². The van der Waals surface area contributed by atoms with Crippen molar-refractivity contribution in [1.82, 2.24) is 10.2 Å². The van der Waals surface area contributed by atoms with Crippen molar-refractivity contribution in [3.63, 3.8) is 0 Å². The summed E-state index contributed by atoms with van der Waals surface area (Å²) < 4.78 is 11.3. The van der Waals surface area contributed by atoms with Gasteiger partial charge in [-0.25, -0.2) is 0 Å². The van der Waals surface area contributed by atoms with Crippen LogP contribution in [0.4, 0.5) is 0 Å². The minimum absolute atomic E-state index is 0.00952. The number of amides is 1. The molecule has 1 saturated heterocycles. The van der Waals surface area contributed by atoms with E-state index >= 15 is 0 Å². The number of benzene rings is 2. The van der Waals surface area contributed by atoms with Crippen LogP contribution in [0.3, 0.4) is 0 Å². The number of hydrogen-bond acceptors (Lipinski definition) is 4. The summed E-state index contributed by atoms with van der Waals surface area (Å²) in [7, 11) is 0. The standard InChI is InChI=1S/C23H29ClN2O3/c1-2-3-14-29-22-11-7-5-9-19(22)23(27)25-17-21(26-12-15-28-16-13-26)18-8-4-6-10-20(18)24/h4-11,21H,2-3,12-17H2,1H3,(H,25,27). The van der Waals surface area contributed by atoms with Crippen molar-refractivity contribution >= 4 is 17.5 Å². The molecule has 1 unspecified atom stereocenters. The summed E-state index contributed by atoms with van der Waals surface area (Å²) in [6.45, 7) is 6.17. The average molecular weight is 417 g/mol. The fraction of sp³-hybridized carbons (Fsp3) is 0.435. The van der Waals surface area contributed by atoms with Crippen molar-refractivity contribution in [2.75, 3.05) is 39.5 Å². The topological polar surface area (TPSA) is 50.8 Å². The lowest BCUT2D eigenvalue weighted by Crippen LogP contribution is -2.44. The predicted octanol–water partition coefficient (Wildman–Crippen LogP) is 4.32. The molecule has 3 rings (SSSR count). The van der Waals surface area contributed by atoms with Gasteiger partial charge in [0.2, 0.25) is 0 Å². The molecular formula is C23H29ClN2O3. The Kier molecular flexibility index (Phi) is 8.35. The van der Waals surface area contributed by atoms with E-state index in [1.54, 1.807) is 6.07 Å².